The lowest BCUT2D eigenvalue weighted by molar-refractivity contribution is -0.123. The number of benzene rings is 2. The van der Waals surface area contributed by atoms with E-state index in [1.165, 1.54) is 32.2 Å². The zero-order valence-corrected chi connectivity index (χ0v) is 14.8. The van der Waals surface area contributed by atoms with Crippen LogP contribution in [0.1, 0.15) is 24.2 Å². The quantitative estimate of drug-likeness (QED) is 0.738. The number of carbonyl (C=O) groups is 2. The van der Waals surface area contributed by atoms with Crippen LogP contribution in [0.3, 0.4) is 0 Å². The maximum Gasteiger partial charge on any atom is 0.342 e. The summed E-state index contributed by atoms with van der Waals surface area (Å²) in [6.45, 7) is 3.88. The highest BCUT2D eigenvalue weighted by molar-refractivity contribution is 5.98. The minimum atomic E-state index is -1.05. The van der Waals surface area contributed by atoms with Crippen molar-refractivity contribution in [2.24, 2.45) is 0 Å². The first-order valence-electron chi connectivity index (χ1n) is 8.06. The van der Waals surface area contributed by atoms with Gasteiger partial charge in [-0.2, -0.15) is 0 Å². The lowest BCUT2D eigenvalue weighted by Crippen LogP contribution is -2.30. The first-order chi connectivity index (χ1) is 12.4. The number of ether oxygens (including phenoxy) is 3. The van der Waals surface area contributed by atoms with Crippen LogP contribution in [0.5, 0.6) is 17.2 Å². The molecule has 1 unspecified atom stereocenters. The molecule has 0 aliphatic heterocycles. The molecule has 26 heavy (non-hydrogen) atoms. The first-order valence-corrected chi connectivity index (χ1v) is 8.06. The molecule has 0 radical (unpaired) electrons. The van der Waals surface area contributed by atoms with Crippen LogP contribution in [0, 0.1) is 0 Å². The van der Waals surface area contributed by atoms with Gasteiger partial charge in [0.15, 0.2) is 6.10 Å². The Morgan fingerprint density at radius 3 is 2.35 bits per heavy atom. The van der Waals surface area contributed by atoms with E-state index in [9.17, 15) is 14.7 Å². The standard InChI is InChI=1S/C19H21NO6/c1-4-25-14-7-5-13(6-8-14)20-18(22)12(2)26-19(23)16-10-9-15(24-3)11-17(16)21/h5-12,21H,4H2,1-3H3,(H,20,22). The molecule has 0 aliphatic rings. The van der Waals surface area contributed by atoms with Crippen molar-refractivity contribution in [3.8, 4) is 17.2 Å². The Kier molecular flexibility index (Phi) is 6.43. The lowest BCUT2D eigenvalue weighted by Gasteiger charge is -2.14. The van der Waals surface area contributed by atoms with Crippen LogP contribution in [0.25, 0.3) is 0 Å². The van der Waals surface area contributed by atoms with E-state index >= 15 is 0 Å². The van der Waals surface area contributed by atoms with Gasteiger partial charge in [0.2, 0.25) is 0 Å². The Bertz CT molecular complexity index is 772. The average molecular weight is 359 g/mol. The molecule has 0 fully saturated rings. The van der Waals surface area contributed by atoms with Crippen molar-refractivity contribution in [3.63, 3.8) is 0 Å². The minimum Gasteiger partial charge on any atom is -0.507 e. The summed E-state index contributed by atoms with van der Waals surface area (Å²) in [6, 6.07) is 11.0. The van der Waals surface area contributed by atoms with Crippen molar-refractivity contribution in [2.45, 2.75) is 20.0 Å². The number of carbonyl (C=O) groups excluding carboxylic acids is 2. The zero-order valence-electron chi connectivity index (χ0n) is 14.8. The van der Waals surface area contributed by atoms with Gasteiger partial charge >= 0.3 is 5.97 Å². The lowest BCUT2D eigenvalue weighted by atomic mass is 10.2. The van der Waals surface area contributed by atoms with Crippen LogP contribution < -0.4 is 14.8 Å². The Hall–Kier alpha value is -3.22. The summed E-state index contributed by atoms with van der Waals surface area (Å²) < 4.78 is 15.4. The molecular formula is C19H21NO6. The molecule has 2 rings (SSSR count). The molecule has 2 aromatic carbocycles. The molecule has 1 amide bonds. The highest BCUT2D eigenvalue weighted by Crippen LogP contribution is 2.24. The molecule has 0 aliphatic carbocycles. The van der Waals surface area contributed by atoms with E-state index in [0.29, 0.717) is 23.8 Å². The third-order valence-electron chi connectivity index (χ3n) is 3.51. The number of methoxy groups -OCH3 is 1. The monoisotopic (exact) mass is 359 g/mol. The number of anilines is 1. The summed E-state index contributed by atoms with van der Waals surface area (Å²) in [4.78, 5) is 24.3. The van der Waals surface area contributed by atoms with Crippen molar-refractivity contribution in [1.82, 2.24) is 0 Å². The van der Waals surface area contributed by atoms with Gasteiger partial charge in [-0.05, 0) is 50.2 Å². The Morgan fingerprint density at radius 2 is 1.77 bits per heavy atom. The van der Waals surface area contributed by atoms with Crippen LogP contribution in [0.15, 0.2) is 42.5 Å². The maximum absolute atomic E-state index is 12.2. The van der Waals surface area contributed by atoms with Gasteiger partial charge in [0.1, 0.15) is 22.8 Å². The summed E-state index contributed by atoms with van der Waals surface area (Å²) in [5, 5.41) is 12.5. The summed E-state index contributed by atoms with van der Waals surface area (Å²) in [7, 11) is 1.44. The van der Waals surface area contributed by atoms with E-state index in [0.717, 1.165) is 0 Å². The van der Waals surface area contributed by atoms with Gasteiger partial charge in [0, 0.05) is 11.8 Å². The van der Waals surface area contributed by atoms with Crippen molar-refractivity contribution in [3.05, 3.63) is 48.0 Å². The Morgan fingerprint density at radius 1 is 1.12 bits per heavy atom. The second-order valence-corrected chi connectivity index (χ2v) is 5.38. The predicted octanol–water partition coefficient (Wildman–Crippen LogP) is 2.98. The largest absolute Gasteiger partial charge is 0.507 e. The van der Waals surface area contributed by atoms with Gasteiger partial charge in [0.05, 0.1) is 13.7 Å². The van der Waals surface area contributed by atoms with Gasteiger partial charge in [-0.3, -0.25) is 4.79 Å². The number of phenols is 1. The van der Waals surface area contributed by atoms with E-state index < -0.39 is 18.0 Å². The summed E-state index contributed by atoms with van der Waals surface area (Å²) in [5.74, 6) is -0.483. The summed E-state index contributed by atoms with van der Waals surface area (Å²) in [5.41, 5.74) is 0.500. The van der Waals surface area contributed by atoms with Crippen molar-refractivity contribution in [2.75, 3.05) is 19.0 Å². The molecule has 7 nitrogen and oxygen atoms in total. The number of rotatable bonds is 7. The molecule has 7 heteroatoms. The highest BCUT2D eigenvalue weighted by Gasteiger charge is 2.21. The normalized spacial score (nSPS) is 11.3. The fraction of sp³-hybridized carbons (Fsp3) is 0.263. The maximum atomic E-state index is 12.2. The molecular weight excluding hydrogens is 338 g/mol. The molecule has 0 bridgehead atoms. The SMILES string of the molecule is CCOc1ccc(NC(=O)C(C)OC(=O)c2ccc(OC)cc2O)cc1. The smallest absolute Gasteiger partial charge is 0.342 e. The first kappa shape index (κ1) is 19.1. The molecule has 0 saturated heterocycles. The molecule has 0 heterocycles. The number of aromatic hydroxyl groups is 1. The number of phenolic OH excluding ortho intramolecular Hbond substituents is 1. The van der Waals surface area contributed by atoms with Crippen LogP contribution in [-0.2, 0) is 9.53 Å². The minimum absolute atomic E-state index is 0.0495. The van der Waals surface area contributed by atoms with Gasteiger partial charge in [-0.25, -0.2) is 4.79 Å². The molecule has 0 aromatic heterocycles. The number of hydrogen-bond acceptors (Lipinski definition) is 6. The third kappa shape index (κ3) is 4.89. The molecule has 2 aromatic rings. The van der Waals surface area contributed by atoms with Crippen LogP contribution in [0.2, 0.25) is 0 Å². The number of amides is 1. The second kappa shape index (κ2) is 8.75. The van der Waals surface area contributed by atoms with E-state index in [4.69, 9.17) is 14.2 Å². The van der Waals surface area contributed by atoms with Gasteiger partial charge in [-0.1, -0.05) is 0 Å². The van der Waals surface area contributed by atoms with Gasteiger partial charge < -0.3 is 24.6 Å². The van der Waals surface area contributed by atoms with Crippen molar-refractivity contribution in [1.29, 1.82) is 0 Å². The molecule has 2 N–H and O–H groups in total. The van der Waals surface area contributed by atoms with E-state index in [2.05, 4.69) is 5.32 Å². The third-order valence-corrected chi connectivity index (χ3v) is 3.51. The average Bonchev–Trinajstić information content (AvgIpc) is 2.63. The van der Waals surface area contributed by atoms with Crippen molar-refractivity contribution < 1.29 is 28.9 Å². The molecule has 0 spiro atoms. The molecule has 0 saturated carbocycles. The van der Waals surface area contributed by atoms with E-state index in [1.807, 2.05) is 6.92 Å². The van der Waals surface area contributed by atoms with Gasteiger partial charge in [-0.15, -0.1) is 0 Å². The number of nitrogens with one attached hydrogen (secondary N) is 1. The zero-order chi connectivity index (χ0) is 19.1. The second-order valence-electron chi connectivity index (χ2n) is 5.38. The number of esters is 1. The summed E-state index contributed by atoms with van der Waals surface area (Å²) in [6.07, 6.45) is -1.05. The van der Waals surface area contributed by atoms with Gasteiger partial charge in [0.25, 0.3) is 5.91 Å². The van der Waals surface area contributed by atoms with Crippen LogP contribution in [0.4, 0.5) is 5.69 Å². The van der Waals surface area contributed by atoms with Crippen LogP contribution in [-0.4, -0.2) is 36.8 Å². The molecule has 138 valence electrons. The van der Waals surface area contributed by atoms with E-state index in [1.54, 1.807) is 24.3 Å². The van der Waals surface area contributed by atoms with Crippen LogP contribution >= 0.6 is 0 Å². The summed E-state index contributed by atoms with van der Waals surface area (Å²) >= 11 is 0. The fourth-order valence-corrected chi connectivity index (χ4v) is 2.13. The number of hydrogen-bond donors (Lipinski definition) is 2. The highest BCUT2D eigenvalue weighted by atomic mass is 16.5. The molecule has 1 atom stereocenters. The topological polar surface area (TPSA) is 94.1 Å². The predicted molar refractivity (Wildman–Crippen MR) is 95.8 cm³/mol. The van der Waals surface area contributed by atoms with Crippen molar-refractivity contribution >= 4 is 17.6 Å². The Balaban J connectivity index is 1.96. The van der Waals surface area contributed by atoms with E-state index in [-0.39, 0.29) is 11.3 Å². The fourth-order valence-electron chi connectivity index (χ4n) is 2.13. The Labute approximate surface area is 151 Å².